The van der Waals surface area contributed by atoms with Crippen LogP contribution < -0.4 is 4.90 Å². The third kappa shape index (κ3) is 8.88. The molecule has 212 valence electrons. The number of carbonyl (C=O) groups excluding carboxylic acids is 3. The number of aromatic nitrogens is 1. The molecule has 1 aromatic heterocycles. The largest absolute Gasteiger partial charge is 0.360 e. The van der Waals surface area contributed by atoms with Gasteiger partial charge in [0.05, 0.1) is 17.7 Å². The van der Waals surface area contributed by atoms with E-state index in [0.717, 1.165) is 74.9 Å². The van der Waals surface area contributed by atoms with E-state index in [4.69, 9.17) is 14.6 Å². The van der Waals surface area contributed by atoms with Crippen molar-refractivity contribution in [3.63, 3.8) is 0 Å². The first-order valence-electron chi connectivity index (χ1n) is 14.1. The molecule has 38 heavy (non-hydrogen) atoms. The van der Waals surface area contributed by atoms with E-state index in [1.54, 1.807) is 6.92 Å². The predicted octanol–water partition coefficient (Wildman–Crippen LogP) is 6.64. The van der Waals surface area contributed by atoms with E-state index < -0.39 is 5.67 Å². The van der Waals surface area contributed by atoms with Gasteiger partial charge in [-0.2, -0.15) is 0 Å². The van der Waals surface area contributed by atoms with Crippen molar-refractivity contribution < 1.29 is 18.8 Å². The first kappa shape index (κ1) is 33.2. The Morgan fingerprint density at radius 3 is 2.34 bits per heavy atom. The van der Waals surface area contributed by atoms with Crippen molar-refractivity contribution in [1.29, 1.82) is 0 Å². The van der Waals surface area contributed by atoms with E-state index in [2.05, 4.69) is 47.9 Å². The van der Waals surface area contributed by atoms with Crippen molar-refractivity contribution in [3.05, 3.63) is 35.5 Å². The summed E-state index contributed by atoms with van der Waals surface area (Å²) in [5.41, 5.74) is 3.35. The SMILES string of the molecule is C=O.C=O.CC.CCCCN1CC(=O)N(C2CCC(C)(F)CC2)CCCCc2ccc3c(C)ccc1c3n2. The van der Waals surface area contributed by atoms with Gasteiger partial charge < -0.3 is 19.4 Å². The van der Waals surface area contributed by atoms with Crippen LogP contribution in [0.15, 0.2) is 24.3 Å². The second-order valence-corrected chi connectivity index (χ2v) is 10.1. The summed E-state index contributed by atoms with van der Waals surface area (Å²) in [6.07, 6.45) is 7.64. The van der Waals surface area contributed by atoms with Gasteiger partial charge in [-0.05, 0) is 82.9 Å². The fourth-order valence-electron chi connectivity index (χ4n) is 5.28. The topological polar surface area (TPSA) is 70.6 Å². The van der Waals surface area contributed by atoms with E-state index in [1.807, 2.05) is 27.4 Å². The van der Waals surface area contributed by atoms with Crippen LogP contribution in [0.2, 0.25) is 0 Å². The summed E-state index contributed by atoms with van der Waals surface area (Å²) in [5.74, 6) is 0.180. The molecule has 1 aliphatic heterocycles. The summed E-state index contributed by atoms with van der Waals surface area (Å²) >= 11 is 0. The molecule has 0 atom stereocenters. The molecule has 0 saturated heterocycles. The Morgan fingerprint density at radius 2 is 1.71 bits per heavy atom. The number of aryl methyl sites for hydroxylation is 2. The maximum atomic E-state index is 14.4. The highest BCUT2D eigenvalue weighted by Gasteiger charge is 2.35. The van der Waals surface area contributed by atoms with Crippen LogP contribution in [-0.4, -0.2) is 60.7 Å². The molecule has 2 bridgehead atoms. The first-order valence-corrected chi connectivity index (χ1v) is 14.1. The third-order valence-corrected chi connectivity index (χ3v) is 7.40. The monoisotopic (exact) mass is 529 g/mol. The van der Waals surface area contributed by atoms with Crippen LogP contribution in [0.1, 0.15) is 90.3 Å². The number of pyridine rings is 1. The second kappa shape index (κ2) is 16.9. The van der Waals surface area contributed by atoms with E-state index in [9.17, 15) is 9.18 Å². The zero-order chi connectivity index (χ0) is 28.7. The molecule has 2 aliphatic rings. The number of rotatable bonds is 4. The predicted molar refractivity (Wildman–Crippen MR) is 156 cm³/mol. The van der Waals surface area contributed by atoms with Gasteiger partial charge in [0.1, 0.15) is 19.2 Å². The number of hydrogen-bond acceptors (Lipinski definition) is 5. The Bertz CT molecular complexity index is 986. The second-order valence-electron chi connectivity index (χ2n) is 10.1. The smallest absolute Gasteiger partial charge is 0.242 e. The van der Waals surface area contributed by atoms with E-state index >= 15 is 0 Å². The third-order valence-electron chi connectivity index (χ3n) is 7.40. The van der Waals surface area contributed by atoms with Gasteiger partial charge in [-0.1, -0.05) is 39.3 Å². The summed E-state index contributed by atoms with van der Waals surface area (Å²) < 4.78 is 14.4. The minimum atomic E-state index is -1.08. The molecule has 2 heterocycles. The first-order chi connectivity index (χ1) is 18.4. The zero-order valence-electron chi connectivity index (χ0n) is 24.2. The molecule has 0 unspecified atom stereocenters. The average Bonchev–Trinajstić information content (AvgIpc) is 2.94. The van der Waals surface area contributed by atoms with Crippen LogP contribution in [0.25, 0.3) is 10.9 Å². The van der Waals surface area contributed by atoms with Crippen molar-refractivity contribution in [2.24, 2.45) is 0 Å². The lowest BCUT2D eigenvalue weighted by atomic mass is 9.84. The van der Waals surface area contributed by atoms with Gasteiger partial charge in [0.2, 0.25) is 5.91 Å². The van der Waals surface area contributed by atoms with Crippen molar-refractivity contribution >= 4 is 36.1 Å². The van der Waals surface area contributed by atoms with Crippen molar-refractivity contribution in [1.82, 2.24) is 9.88 Å². The molecular formula is C31H48FN3O3. The van der Waals surface area contributed by atoms with Gasteiger partial charge in [-0.3, -0.25) is 9.78 Å². The van der Waals surface area contributed by atoms with Crippen LogP contribution in [-0.2, 0) is 20.8 Å². The lowest BCUT2D eigenvalue weighted by molar-refractivity contribution is -0.133. The standard InChI is InChI=1S/C27H38FN3O.C2H6.2CH2O/c1-4-5-17-30-19-25(32)31(22-13-15-27(3,28)16-14-22)18-7-6-8-21-10-11-23-20(2)9-12-24(30)26(23)29-21;3*1-2/h9-12,22H,4-8,13-19H2,1-3H3;1-2H3;2*1H2. The van der Waals surface area contributed by atoms with E-state index in [-0.39, 0.29) is 11.9 Å². The number of anilines is 1. The minimum Gasteiger partial charge on any atom is -0.360 e. The fraction of sp³-hybridized carbons (Fsp3) is 0.613. The lowest BCUT2D eigenvalue weighted by Gasteiger charge is -2.39. The average molecular weight is 530 g/mol. The van der Waals surface area contributed by atoms with Crippen molar-refractivity contribution in [2.75, 3.05) is 24.5 Å². The molecule has 0 N–H and O–H groups in total. The van der Waals surface area contributed by atoms with Gasteiger partial charge >= 0.3 is 0 Å². The van der Waals surface area contributed by atoms with Gasteiger partial charge in [0, 0.05) is 30.2 Å². The summed E-state index contributed by atoms with van der Waals surface area (Å²) in [4.78, 5) is 39.0. The zero-order valence-corrected chi connectivity index (χ0v) is 24.2. The highest BCUT2D eigenvalue weighted by molar-refractivity contribution is 5.95. The molecule has 1 fully saturated rings. The Kier molecular flexibility index (Phi) is 14.8. The van der Waals surface area contributed by atoms with Gasteiger partial charge in [-0.25, -0.2) is 4.39 Å². The molecule has 1 saturated carbocycles. The summed E-state index contributed by atoms with van der Waals surface area (Å²) in [6.45, 7) is 16.0. The highest BCUT2D eigenvalue weighted by atomic mass is 19.1. The van der Waals surface area contributed by atoms with E-state index in [1.165, 1.54) is 10.9 Å². The number of carbonyl (C=O) groups is 3. The van der Waals surface area contributed by atoms with Crippen LogP contribution in [0.5, 0.6) is 0 Å². The molecular weight excluding hydrogens is 481 g/mol. The van der Waals surface area contributed by atoms with Crippen molar-refractivity contribution in [2.45, 2.75) is 104 Å². The van der Waals surface area contributed by atoms with Gasteiger partial charge in [0.15, 0.2) is 0 Å². The Morgan fingerprint density at radius 1 is 1.05 bits per heavy atom. The number of amides is 1. The normalized spacial score (nSPS) is 21.5. The lowest BCUT2D eigenvalue weighted by Crippen LogP contribution is -2.49. The molecule has 2 aromatic rings. The number of benzene rings is 1. The maximum Gasteiger partial charge on any atom is 0.242 e. The molecule has 0 spiro atoms. The molecule has 1 aromatic carbocycles. The Hall–Kier alpha value is -2.83. The maximum absolute atomic E-state index is 14.4. The number of nitrogens with zero attached hydrogens (tertiary/aromatic N) is 3. The van der Waals surface area contributed by atoms with Crippen LogP contribution in [0.3, 0.4) is 0 Å². The summed E-state index contributed by atoms with van der Waals surface area (Å²) in [6, 6.07) is 8.81. The Balaban J connectivity index is 0.00000112. The number of alkyl halides is 1. The number of halogens is 1. The van der Waals surface area contributed by atoms with Crippen LogP contribution in [0.4, 0.5) is 10.1 Å². The molecule has 6 nitrogen and oxygen atoms in total. The summed E-state index contributed by atoms with van der Waals surface area (Å²) in [7, 11) is 0. The molecule has 7 heteroatoms. The van der Waals surface area contributed by atoms with Crippen molar-refractivity contribution in [3.8, 4) is 0 Å². The summed E-state index contributed by atoms with van der Waals surface area (Å²) in [5, 5.41) is 1.17. The van der Waals surface area contributed by atoms with E-state index in [0.29, 0.717) is 19.4 Å². The molecule has 1 aliphatic carbocycles. The number of hydrogen-bond donors (Lipinski definition) is 0. The number of fused-ring (bicyclic) bond motifs is 1. The minimum absolute atomic E-state index is 0.163. The quantitative estimate of drug-likeness (QED) is 0.444. The van der Waals surface area contributed by atoms with Gasteiger partial charge in [-0.15, -0.1) is 0 Å². The van der Waals surface area contributed by atoms with Gasteiger partial charge in [0.25, 0.3) is 0 Å². The fourth-order valence-corrected chi connectivity index (χ4v) is 5.28. The molecule has 0 radical (unpaired) electrons. The van der Waals surface area contributed by atoms with Crippen LogP contribution >= 0.6 is 0 Å². The number of unbranched alkanes of at least 4 members (excludes halogenated alkanes) is 1. The molecule has 4 rings (SSSR count). The van der Waals surface area contributed by atoms with Crippen LogP contribution in [0, 0.1) is 6.92 Å². The highest BCUT2D eigenvalue weighted by Crippen LogP contribution is 2.34. The Labute approximate surface area is 229 Å². The molecule has 1 amide bonds.